The van der Waals surface area contributed by atoms with E-state index in [1.54, 1.807) is 0 Å². The number of carbonyl (C=O) groups is 1. The van der Waals surface area contributed by atoms with Crippen LogP contribution in [0.3, 0.4) is 0 Å². The third-order valence-electron chi connectivity index (χ3n) is 4.57. The number of alkyl halides is 3. The van der Waals surface area contributed by atoms with E-state index in [1.807, 2.05) is 18.7 Å². The molecule has 0 radical (unpaired) electrons. The van der Waals surface area contributed by atoms with Crippen LogP contribution in [0.2, 0.25) is 0 Å². The average molecular weight is 398 g/mol. The highest BCUT2D eigenvalue weighted by atomic mass is 19.4. The van der Waals surface area contributed by atoms with Crippen molar-refractivity contribution in [3.8, 4) is 5.75 Å². The first kappa shape index (κ1) is 20.1. The number of rotatable bonds is 4. The third kappa shape index (κ3) is 4.44. The molecule has 1 aliphatic heterocycles. The molecule has 0 unspecified atom stereocenters. The Hall–Kier alpha value is -2.62. The Balaban J connectivity index is 1.59. The molecule has 1 aromatic carbocycles. The number of phenolic OH excluding ortho intramolecular Hbond substituents is 1. The normalized spacial score (nSPS) is 16.0. The van der Waals surface area contributed by atoms with E-state index in [2.05, 4.69) is 10.1 Å². The van der Waals surface area contributed by atoms with Gasteiger partial charge < -0.3 is 14.5 Å². The smallest absolute Gasteiger partial charge is 0.416 e. The number of piperazine rings is 1. The zero-order valence-electron chi connectivity index (χ0n) is 15.5. The van der Waals surface area contributed by atoms with Crippen LogP contribution >= 0.6 is 0 Å². The van der Waals surface area contributed by atoms with Gasteiger partial charge in [-0.15, -0.1) is 0 Å². The molecule has 1 fully saturated rings. The Labute approximate surface area is 159 Å². The summed E-state index contributed by atoms with van der Waals surface area (Å²) >= 11 is 0. The number of benzene rings is 1. The van der Waals surface area contributed by atoms with Crippen molar-refractivity contribution < 1.29 is 27.6 Å². The quantitative estimate of drug-likeness (QED) is 0.853. The van der Waals surface area contributed by atoms with Gasteiger partial charge in [-0.2, -0.15) is 18.2 Å². The van der Waals surface area contributed by atoms with Gasteiger partial charge in [-0.1, -0.05) is 19.0 Å². The van der Waals surface area contributed by atoms with Gasteiger partial charge in [0.1, 0.15) is 5.75 Å². The molecule has 1 aliphatic rings. The zero-order chi connectivity index (χ0) is 20.5. The molecular weight excluding hydrogens is 377 g/mol. The second kappa shape index (κ2) is 7.78. The molecule has 1 aromatic heterocycles. The minimum atomic E-state index is -4.57. The number of hydrogen-bond donors (Lipinski definition) is 1. The maximum absolute atomic E-state index is 12.7. The molecule has 7 nitrogen and oxygen atoms in total. The molecule has 1 amide bonds. The maximum Gasteiger partial charge on any atom is 0.416 e. The summed E-state index contributed by atoms with van der Waals surface area (Å²) in [6.07, 6.45) is -4.57. The van der Waals surface area contributed by atoms with E-state index in [-0.39, 0.29) is 11.5 Å². The fourth-order valence-electron chi connectivity index (χ4n) is 2.93. The first-order valence-electron chi connectivity index (χ1n) is 8.89. The van der Waals surface area contributed by atoms with Crippen LogP contribution in [-0.4, -0.2) is 57.1 Å². The van der Waals surface area contributed by atoms with E-state index in [1.165, 1.54) is 4.90 Å². The van der Waals surface area contributed by atoms with Crippen molar-refractivity contribution in [1.29, 1.82) is 0 Å². The van der Waals surface area contributed by atoms with E-state index >= 15 is 0 Å². The van der Waals surface area contributed by atoms with Crippen LogP contribution in [0, 0.1) is 0 Å². The SMILES string of the molecule is CC(C)c1noc(CN2CCN(C(=O)c3ccc(C(F)(F)F)cc3O)CC2)n1. The van der Waals surface area contributed by atoms with Crippen LogP contribution in [0.4, 0.5) is 13.2 Å². The molecule has 2 aromatic rings. The summed E-state index contributed by atoms with van der Waals surface area (Å²) in [6, 6.07) is 2.38. The molecule has 0 aliphatic carbocycles. The van der Waals surface area contributed by atoms with Crippen LogP contribution in [0.5, 0.6) is 5.75 Å². The molecule has 28 heavy (non-hydrogen) atoms. The first-order chi connectivity index (χ1) is 13.1. The van der Waals surface area contributed by atoms with Crippen LogP contribution in [0.25, 0.3) is 0 Å². The molecular formula is C18H21F3N4O3. The summed E-state index contributed by atoms with van der Waals surface area (Å²) in [5.41, 5.74) is -1.13. The fraction of sp³-hybridized carbons (Fsp3) is 0.500. The molecule has 1 saturated heterocycles. The van der Waals surface area contributed by atoms with E-state index in [9.17, 15) is 23.1 Å². The number of carbonyl (C=O) groups excluding carboxylic acids is 1. The second-order valence-corrected chi connectivity index (χ2v) is 7.00. The predicted molar refractivity (Wildman–Crippen MR) is 92.7 cm³/mol. The van der Waals surface area contributed by atoms with E-state index in [0.717, 1.165) is 12.1 Å². The van der Waals surface area contributed by atoms with Crippen molar-refractivity contribution in [2.75, 3.05) is 26.2 Å². The molecule has 152 valence electrons. The lowest BCUT2D eigenvalue weighted by Gasteiger charge is -2.34. The number of aromatic hydroxyl groups is 1. The molecule has 2 heterocycles. The van der Waals surface area contributed by atoms with Gasteiger partial charge in [0.2, 0.25) is 5.89 Å². The summed E-state index contributed by atoms with van der Waals surface area (Å²) in [5.74, 6) is 0.147. The first-order valence-corrected chi connectivity index (χ1v) is 8.89. The van der Waals surface area contributed by atoms with Crippen molar-refractivity contribution in [3.05, 3.63) is 41.0 Å². The second-order valence-electron chi connectivity index (χ2n) is 7.00. The summed E-state index contributed by atoms with van der Waals surface area (Å²) in [7, 11) is 0. The fourth-order valence-corrected chi connectivity index (χ4v) is 2.93. The lowest BCUT2D eigenvalue weighted by atomic mass is 10.1. The third-order valence-corrected chi connectivity index (χ3v) is 4.57. The minimum absolute atomic E-state index is 0.139. The molecule has 0 saturated carbocycles. The summed E-state index contributed by atoms with van der Waals surface area (Å²) in [6.45, 7) is 6.26. The van der Waals surface area contributed by atoms with E-state index in [4.69, 9.17) is 4.52 Å². The Kier molecular flexibility index (Phi) is 5.59. The Morgan fingerprint density at radius 1 is 1.25 bits per heavy atom. The van der Waals surface area contributed by atoms with Gasteiger partial charge in [-0.05, 0) is 18.2 Å². The average Bonchev–Trinajstić information content (AvgIpc) is 3.10. The van der Waals surface area contributed by atoms with E-state index in [0.29, 0.717) is 50.5 Å². The highest BCUT2D eigenvalue weighted by Gasteiger charge is 2.32. The number of aromatic nitrogens is 2. The van der Waals surface area contributed by atoms with Gasteiger partial charge in [0, 0.05) is 32.1 Å². The van der Waals surface area contributed by atoms with Crippen molar-refractivity contribution in [2.45, 2.75) is 32.5 Å². The van der Waals surface area contributed by atoms with Crippen molar-refractivity contribution in [2.24, 2.45) is 0 Å². The van der Waals surface area contributed by atoms with Crippen molar-refractivity contribution >= 4 is 5.91 Å². The van der Waals surface area contributed by atoms with Gasteiger partial charge in [-0.3, -0.25) is 9.69 Å². The lowest BCUT2D eigenvalue weighted by Crippen LogP contribution is -2.48. The standard InChI is InChI=1S/C18H21F3N4O3/c1-11(2)16-22-15(28-23-16)10-24-5-7-25(8-6-24)17(27)13-4-3-12(9-14(13)26)18(19,20)21/h3-4,9,11,26H,5-8,10H2,1-2H3. The zero-order valence-corrected chi connectivity index (χ0v) is 15.5. The van der Waals surface area contributed by atoms with Gasteiger partial charge >= 0.3 is 6.18 Å². The van der Waals surface area contributed by atoms with Crippen molar-refractivity contribution in [3.63, 3.8) is 0 Å². The maximum atomic E-state index is 12.7. The van der Waals surface area contributed by atoms with Crippen LogP contribution in [0.1, 0.15) is 47.4 Å². The molecule has 0 spiro atoms. The van der Waals surface area contributed by atoms with Gasteiger partial charge in [-0.25, -0.2) is 0 Å². The molecule has 10 heteroatoms. The summed E-state index contributed by atoms with van der Waals surface area (Å²) < 4.78 is 43.3. The Morgan fingerprint density at radius 3 is 2.46 bits per heavy atom. The topological polar surface area (TPSA) is 82.7 Å². The van der Waals surface area contributed by atoms with Gasteiger partial charge in [0.15, 0.2) is 5.82 Å². The highest BCUT2D eigenvalue weighted by Crippen LogP contribution is 2.33. The highest BCUT2D eigenvalue weighted by molar-refractivity contribution is 5.97. The Bertz CT molecular complexity index is 843. The van der Waals surface area contributed by atoms with Crippen LogP contribution < -0.4 is 0 Å². The number of halogens is 3. The number of amides is 1. The minimum Gasteiger partial charge on any atom is -0.507 e. The number of phenols is 1. The largest absolute Gasteiger partial charge is 0.507 e. The van der Waals surface area contributed by atoms with Crippen LogP contribution in [-0.2, 0) is 12.7 Å². The molecule has 1 N–H and O–H groups in total. The lowest BCUT2D eigenvalue weighted by molar-refractivity contribution is -0.137. The van der Waals surface area contributed by atoms with Gasteiger partial charge in [0.05, 0.1) is 17.7 Å². The Morgan fingerprint density at radius 2 is 1.93 bits per heavy atom. The number of nitrogens with zero attached hydrogens (tertiary/aromatic N) is 4. The van der Waals surface area contributed by atoms with E-state index < -0.39 is 23.4 Å². The summed E-state index contributed by atoms with van der Waals surface area (Å²) in [4.78, 5) is 20.4. The molecule has 3 rings (SSSR count). The van der Waals surface area contributed by atoms with Crippen molar-refractivity contribution in [1.82, 2.24) is 19.9 Å². The monoisotopic (exact) mass is 398 g/mol. The number of hydrogen-bond acceptors (Lipinski definition) is 6. The molecule has 0 atom stereocenters. The van der Waals surface area contributed by atoms with Crippen LogP contribution in [0.15, 0.2) is 22.7 Å². The summed E-state index contributed by atoms with van der Waals surface area (Å²) in [5, 5.41) is 13.8. The molecule has 0 bridgehead atoms. The predicted octanol–water partition coefficient (Wildman–Crippen LogP) is 2.88. The van der Waals surface area contributed by atoms with Gasteiger partial charge in [0.25, 0.3) is 5.91 Å².